The molecule has 1 N–H and O–H groups in total. The molecular formula is C12H15BN2O3. The van der Waals surface area contributed by atoms with E-state index in [1.807, 2.05) is 33.8 Å². The van der Waals surface area contributed by atoms with Crippen molar-refractivity contribution in [3.8, 4) is 6.07 Å². The molecule has 1 aromatic heterocycles. The maximum atomic E-state index is 11.2. The molecule has 1 aliphatic rings. The predicted octanol–water partition coefficient (Wildman–Crippen LogP) is 0.546. The van der Waals surface area contributed by atoms with Crippen LogP contribution in [0, 0.1) is 11.3 Å². The number of rotatable bonds is 1. The van der Waals surface area contributed by atoms with Crippen LogP contribution in [0.3, 0.4) is 0 Å². The molecule has 94 valence electrons. The Labute approximate surface area is 106 Å². The Balaban J connectivity index is 2.42. The summed E-state index contributed by atoms with van der Waals surface area (Å²) in [6.07, 6.45) is 1.48. The average Bonchev–Trinajstić information content (AvgIpc) is 2.47. The van der Waals surface area contributed by atoms with Gasteiger partial charge in [0.15, 0.2) is 0 Å². The highest BCUT2D eigenvalue weighted by atomic mass is 16.7. The van der Waals surface area contributed by atoms with E-state index in [0.29, 0.717) is 5.46 Å². The second-order valence-corrected chi connectivity index (χ2v) is 5.37. The van der Waals surface area contributed by atoms with Gasteiger partial charge in [-0.25, -0.2) is 0 Å². The molecule has 2 rings (SSSR count). The molecule has 1 saturated heterocycles. The van der Waals surface area contributed by atoms with Gasteiger partial charge in [0.2, 0.25) is 5.56 Å². The molecule has 0 unspecified atom stereocenters. The van der Waals surface area contributed by atoms with E-state index in [9.17, 15) is 4.79 Å². The summed E-state index contributed by atoms with van der Waals surface area (Å²) < 4.78 is 11.7. The Morgan fingerprint density at radius 2 is 1.83 bits per heavy atom. The first kappa shape index (κ1) is 12.9. The number of pyridine rings is 1. The van der Waals surface area contributed by atoms with Crippen molar-refractivity contribution < 1.29 is 9.31 Å². The van der Waals surface area contributed by atoms with E-state index in [2.05, 4.69) is 4.98 Å². The lowest BCUT2D eigenvalue weighted by molar-refractivity contribution is 0.00578. The Morgan fingerprint density at radius 3 is 2.33 bits per heavy atom. The number of aromatic nitrogens is 1. The molecule has 5 nitrogen and oxygen atoms in total. The highest BCUT2D eigenvalue weighted by Crippen LogP contribution is 2.36. The van der Waals surface area contributed by atoms with Crippen molar-refractivity contribution in [3.63, 3.8) is 0 Å². The second-order valence-electron chi connectivity index (χ2n) is 5.37. The van der Waals surface area contributed by atoms with E-state index in [1.165, 1.54) is 12.3 Å². The van der Waals surface area contributed by atoms with Crippen LogP contribution < -0.4 is 11.0 Å². The fourth-order valence-electron chi connectivity index (χ4n) is 1.74. The molecule has 2 heterocycles. The lowest BCUT2D eigenvalue weighted by Crippen LogP contribution is -2.41. The Kier molecular flexibility index (Phi) is 2.84. The van der Waals surface area contributed by atoms with Crippen molar-refractivity contribution in [1.82, 2.24) is 4.98 Å². The molecule has 0 saturated carbocycles. The highest BCUT2D eigenvalue weighted by Gasteiger charge is 2.52. The molecule has 6 heteroatoms. The number of hydrogen-bond donors (Lipinski definition) is 1. The minimum atomic E-state index is -0.638. The third-order valence-corrected chi connectivity index (χ3v) is 3.58. The van der Waals surface area contributed by atoms with Crippen LogP contribution >= 0.6 is 0 Å². The summed E-state index contributed by atoms with van der Waals surface area (Å²) in [5.74, 6) is 0. The summed E-state index contributed by atoms with van der Waals surface area (Å²) in [4.78, 5) is 13.7. The van der Waals surface area contributed by atoms with Crippen molar-refractivity contribution in [2.24, 2.45) is 0 Å². The number of H-pyrrole nitrogens is 1. The van der Waals surface area contributed by atoms with Gasteiger partial charge in [0.1, 0.15) is 0 Å². The van der Waals surface area contributed by atoms with Crippen LogP contribution in [0.1, 0.15) is 33.3 Å². The zero-order valence-corrected chi connectivity index (χ0v) is 10.9. The molecule has 1 aromatic rings. The summed E-state index contributed by atoms with van der Waals surface area (Å²) in [5, 5.41) is 9.05. The van der Waals surface area contributed by atoms with Gasteiger partial charge < -0.3 is 14.3 Å². The SMILES string of the molecule is CC1(C)OB(c2c[nH]c(=O)cc2C#N)OC1(C)C. The molecule has 0 amide bonds. The van der Waals surface area contributed by atoms with Crippen LogP contribution in [0.15, 0.2) is 17.1 Å². The third-order valence-electron chi connectivity index (χ3n) is 3.58. The topological polar surface area (TPSA) is 75.1 Å². The molecule has 0 radical (unpaired) electrons. The molecule has 1 aliphatic heterocycles. The van der Waals surface area contributed by atoms with Gasteiger partial charge in [-0.1, -0.05) is 0 Å². The Bertz CT molecular complexity index is 555. The molecule has 0 aromatic carbocycles. The lowest BCUT2D eigenvalue weighted by Gasteiger charge is -2.32. The summed E-state index contributed by atoms with van der Waals surface area (Å²) in [6, 6.07) is 3.24. The molecule has 0 aliphatic carbocycles. The van der Waals surface area contributed by atoms with Gasteiger partial charge in [0.05, 0.1) is 22.8 Å². The minimum absolute atomic E-state index is 0.275. The second kappa shape index (κ2) is 3.97. The van der Waals surface area contributed by atoms with Crippen molar-refractivity contribution in [2.75, 3.05) is 0 Å². The van der Waals surface area contributed by atoms with Gasteiger partial charge in [-0.05, 0) is 27.7 Å². The fraction of sp³-hybridized carbons (Fsp3) is 0.500. The monoisotopic (exact) mass is 246 g/mol. The Morgan fingerprint density at radius 1 is 1.28 bits per heavy atom. The smallest absolute Gasteiger partial charge is 0.399 e. The first-order chi connectivity index (χ1) is 8.27. The first-order valence-corrected chi connectivity index (χ1v) is 5.75. The van der Waals surface area contributed by atoms with Crippen LogP contribution in [-0.4, -0.2) is 23.3 Å². The fourth-order valence-corrected chi connectivity index (χ4v) is 1.74. The standard InChI is InChI=1S/C12H15BN2O3/c1-11(2)12(3,4)18-13(17-11)9-7-15-10(16)5-8(9)6-14/h5,7H,1-4H3,(H,15,16). The summed E-state index contributed by atoms with van der Waals surface area (Å²) >= 11 is 0. The largest absolute Gasteiger partial charge is 0.497 e. The van der Waals surface area contributed by atoms with E-state index in [4.69, 9.17) is 14.6 Å². The quantitative estimate of drug-likeness (QED) is 0.734. The van der Waals surface area contributed by atoms with Crippen molar-refractivity contribution in [2.45, 2.75) is 38.9 Å². The van der Waals surface area contributed by atoms with E-state index in [1.54, 1.807) is 0 Å². The first-order valence-electron chi connectivity index (χ1n) is 5.75. The van der Waals surface area contributed by atoms with Gasteiger partial charge in [0.25, 0.3) is 0 Å². The lowest BCUT2D eigenvalue weighted by atomic mass is 9.77. The predicted molar refractivity (Wildman–Crippen MR) is 67.5 cm³/mol. The van der Waals surface area contributed by atoms with E-state index in [0.717, 1.165) is 0 Å². The van der Waals surface area contributed by atoms with Crippen LogP contribution in [0.4, 0.5) is 0 Å². The van der Waals surface area contributed by atoms with E-state index in [-0.39, 0.29) is 11.1 Å². The zero-order valence-electron chi connectivity index (χ0n) is 10.9. The van der Waals surface area contributed by atoms with Crippen LogP contribution in [0.25, 0.3) is 0 Å². The molecule has 0 bridgehead atoms. The van der Waals surface area contributed by atoms with Gasteiger partial charge in [-0.2, -0.15) is 5.26 Å². The highest BCUT2D eigenvalue weighted by molar-refractivity contribution is 6.62. The molecule has 0 spiro atoms. The molecular weight excluding hydrogens is 231 g/mol. The average molecular weight is 246 g/mol. The minimum Gasteiger partial charge on any atom is -0.399 e. The van der Waals surface area contributed by atoms with Crippen molar-refractivity contribution >= 4 is 12.6 Å². The summed E-state index contributed by atoms with van der Waals surface area (Å²) in [6.45, 7) is 7.74. The number of nitrogens with zero attached hydrogens (tertiary/aromatic N) is 1. The molecule has 18 heavy (non-hydrogen) atoms. The van der Waals surface area contributed by atoms with Gasteiger partial charge in [-0.15, -0.1) is 0 Å². The van der Waals surface area contributed by atoms with Crippen LogP contribution in [0.5, 0.6) is 0 Å². The normalized spacial score (nSPS) is 20.7. The number of hydrogen-bond acceptors (Lipinski definition) is 4. The zero-order chi connectivity index (χ0) is 13.6. The van der Waals surface area contributed by atoms with Crippen molar-refractivity contribution in [1.29, 1.82) is 5.26 Å². The van der Waals surface area contributed by atoms with E-state index >= 15 is 0 Å². The number of aromatic amines is 1. The summed E-state index contributed by atoms with van der Waals surface area (Å²) in [7, 11) is -0.638. The molecule has 1 fully saturated rings. The van der Waals surface area contributed by atoms with Gasteiger partial charge in [-0.3, -0.25) is 4.79 Å². The van der Waals surface area contributed by atoms with Gasteiger partial charge in [0, 0.05) is 17.7 Å². The Hall–Kier alpha value is -1.58. The van der Waals surface area contributed by atoms with Crippen LogP contribution in [0.2, 0.25) is 0 Å². The van der Waals surface area contributed by atoms with Crippen molar-refractivity contribution in [3.05, 3.63) is 28.2 Å². The summed E-state index contributed by atoms with van der Waals surface area (Å²) in [5.41, 5.74) is -0.430. The maximum Gasteiger partial charge on any atom is 0.497 e. The number of nitriles is 1. The maximum absolute atomic E-state index is 11.2. The van der Waals surface area contributed by atoms with Crippen LogP contribution in [-0.2, 0) is 9.31 Å². The number of nitrogens with one attached hydrogen (secondary N) is 1. The third kappa shape index (κ3) is 1.96. The van der Waals surface area contributed by atoms with E-state index < -0.39 is 18.3 Å². The molecule has 0 atom stereocenters. The van der Waals surface area contributed by atoms with Gasteiger partial charge >= 0.3 is 7.12 Å².